The van der Waals surface area contributed by atoms with E-state index in [2.05, 4.69) is 12.1 Å². The van der Waals surface area contributed by atoms with Crippen LogP contribution in [0.2, 0.25) is 0 Å². The minimum Gasteiger partial charge on any atom is -0.276 e. The first-order valence-electron chi connectivity index (χ1n) is 4.40. The van der Waals surface area contributed by atoms with Crippen molar-refractivity contribution in [3.8, 4) is 0 Å². The lowest BCUT2D eigenvalue weighted by Crippen LogP contribution is -1.73. The zero-order chi connectivity index (χ0) is 11.1. The van der Waals surface area contributed by atoms with Gasteiger partial charge in [0.25, 0.3) is 0 Å². The van der Waals surface area contributed by atoms with Crippen LogP contribution in [-0.4, -0.2) is 11.5 Å². The van der Waals surface area contributed by atoms with Gasteiger partial charge in [-0.05, 0) is 41.6 Å². The van der Waals surface area contributed by atoms with Crippen molar-refractivity contribution in [1.29, 1.82) is 0 Å². The van der Waals surface area contributed by atoms with Gasteiger partial charge in [-0.25, -0.2) is 0 Å². The fourth-order valence-corrected chi connectivity index (χ4v) is 1.49. The third-order valence-corrected chi connectivity index (χ3v) is 2.61. The van der Waals surface area contributed by atoms with Crippen LogP contribution in [0, 0.1) is 0 Å². The van der Waals surface area contributed by atoms with Gasteiger partial charge in [0.15, 0.2) is 0 Å². The Labute approximate surface area is 98.8 Å². The van der Waals surface area contributed by atoms with Crippen molar-refractivity contribution in [1.82, 2.24) is 0 Å². The number of rotatable bonds is 4. The van der Waals surface area contributed by atoms with Gasteiger partial charge in [0.2, 0.25) is 5.24 Å². The summed E-state index contributed by atoms with van der Waals surface area (Å²) in [6.45, 7) is 0. The van der Waals surface area contributed by atoms with Crippen molar-refractivity contribution >= 4 is 34.7 Å². The molecule has 0 amide bonds. The van der Waals surface area contributed by atoms with E-state index in [0.717, 1.165) is 5.56 Å². The molecule has 0 fully saturated rings. The average molecular weight is 239 g/mol. The lowest BCUT2D eigenvalue weighted by Gasteiger charge is -1.95. The number of halogens is 1. The van der Waals surface area contributed by atoms with Gasteiger partial charge in [0.1, 0.15) is 0 Å². The molecule has 0 atom stereocenters. The van der Waals surface area contributed by atoms with Crippen LogP contribution >= 0.6 is 23.4 Å². The quantitative estimate of drug-likeness (QED) is 0.344. The number of carbonyl (C=O) groups is 1. The Balaban J connectivity index is 2.61. The van der Waals surface area contributed by atoms with Crippen LogP contribution < -0.4 is 0 Å². The predicted molar refractivity (Wildman–Crippen MR) is 67.3 cm³/mol. The highest BCUT2D eigenvalue weighted by atomic mass is 35.5. The largest absolute Gasteiger partial charge is 0.276 e. The summed E-state index contributed by atoms with van der Waals surface area (Å²) in [5, 5.41) is -0.461. The van der Waals surface area contributed by atoms with Crippen molar-refractivity contribution in [2.75, 3.05) is 6.26 Å². The zero-order valence-corrected chi connectivity index (χ0v) is 9.89. The Morgan fingerprint density at radius 1 is 1.27 bits per heavy atom. The summed E-state index contributed by atoms with van der Waals surface area (Å²) >= 11 is 6.85. The number of benzene rings is 1. The molecule has 0 aliphatic heterocycles. The molecule has 1 rings (SSSR count). The van der Waals surface area contributed by atoms with Gasteiger partial charge in [-0.1, -0.05) is 30.4 Å². The molecule has 0 radical (unpaired) electrons. The highest BCUT2D eigenvalue weighted by molar-refractivity contribution is 7.98. The molecule has 0 aliphatic rings. The second-order valence-electron chi connectivity index (χ2n) is 2.80. The number of hydrogen-bond acceptors (Lipinski definition) is 2. The maximum atomic E-state index is 10.4. The van der Waals surface area contributed by atoms with E-state index in [4.69, 9.17) is 11.6 Å². The molecule has 15 heavy (non-hydrogen) atoms. The third kappa shape index (κ3) is 4.86. The smallest absolute Gasteiger partial charge is 0.245 e. The van der Waals surface area contributed by atoms with Crippen LogP contribution in [0.1, 0.15) is 5.56 Å². The summed E-state index contributed by atoms with van der Waals surface area (Å²) in [6, 6.07) is 8.17. The first-order chi connectivity index (χ1) is 7.22. The second kappa shape index (κ2) is 6.49. The third-order valence-electron chi connectivity index (χ3n) is 1.74. The van der Waals surface area contributed by atoms with E-state index in [1.54, 1.807) is 23.9 Å². The normalized spacial score (nSPS) is 11.3. The van der Waals surface area contributed by atoms with Crippen LogP contribution in [0.3, 0.4) is 0 Å². The minimum atomic E-state index is -0.461. The molecule has 0 bridgehead atoms. The molecule has 78 valence electrons. The summed E-state index contributed by atoms with van der Waals surface area (Å²) in [5.41, 5.74) is 1.10. The Hall–Kier alpha value is -0.990. The van der Waals surface area contributed by atoms with Gasteiger partial charge in [0.05, 0.1) is 0 Å². The SMILES string of the molecule is CSc1ccc(/C=C/C=C/C(=O)Cl)cc1. The summed E-state index contributed by atoms with van der Waals surface area (Å²) in [6.07, 6.45) is 8.68. The first-order valence-corrected chi connectivity index (χ1v) is 6.01. The Bertz CT molecular complexity index is 379. The van der Waals surface area contributed by atoms with E-state index in [1.807, 2.05) is 24.5 Å². The van der Waals surface area contributed by atoms with E-state index >= 15 is 0 Å². The van der Waals surface area contributed by atoms with Crippen molar-refractivity contribution < 1.29 is 4.79 Å². The topological polar surface area (TPSA) is 17.1 Å². The summed E-state index contributed by atoms with van der Waals surface area (Å²) in [7, 11) is 0. The van der Waals surface area contributed by atoms with E-state index in [0.29, 0.717) is 0 Å². The van der Waals surface area contributed by atoms with Gasteiger partial charge >= 0.3 is 0 Å². The summed E-state index contributed by atoms with van der Waals surface area (Å²) < 4.78 is 0. The maximum Gasteiger partial charge on any atom is 0.245 e. The molecule has 3 heteroatoms. The van der Waals surface area contributed by atoms with E-state index in [9.17, 15) is 4.79 Å². The van der Waals surface area contributed by atoms with Crippen LogP contribution in [0.5, 0.6) is 0 Å². The highest BCUT2D eigenvalue weighted by Crippen LogP contribution is 2.15. The molecule has 0 spiro atoms. The molecule has 1 nitrogen and oxygen atoms in total. The monoisotopic (exact) mass is 238 g/mol. The summed E-state index contributed by atoms with van der Waals surface area (Å²) in [5.74, 6) is 0. The maximum absolute atomic E-state index is 10.4. The number of carbonyl (C=O) groups excluding carboxylic acids is 1. The molecular weight excluding hydrogens is 228 g/mol. The molecule has 0 saturated carbocycles. The molecule has 1 aromatic rings. The fourth-order valence-electron chi connectivity index (χ4n) is 1.01. The van der Waals surface area contributed by atoms with Gasteiger partial charge in [-0.3, -0.25) is 4.79 Å². The lowest BCUT2D eigenvalue weighted by molar-refractivity contribution is -0.107. The van der Waals surface area contributed by atoms with Crippen LogP contribution in [0.15, 0.2) is 47.4 Å². The number of thioether (sulfide) groups is 1. The predicted octanol–water partition coefficient (Wildman–Crippen LogP) is 3.74. The number of allylic oxidation sites excluding steroid dienone is 3. The van der Waals surface area contributed by atoms with E-state index < -0.39 is 5.24 Å². The van der Waals surface area contributed by atoms with Crippen LogP contribution in [-0.2, 0) is 4.79 Å². The Morgan fingerprint density at radius 2 is 1.93 bits per heavy atom. The van der Waals surface area contributed by atoms with Crippen LogP contribution in [0.25, 0.3) is 6.08 Å². The Kier molecular flexibility index (Phi) is 5.22. The zero-order valence-electron chi connectivity index (χ0n) is 8.31. The molecule has 0 saturated heterocycles. The fraction of sp³-hybridized carbons (Fsp3) is 0.0833. The highest BCUT2D eigenvalue weighted by Gasteiger charge is 1.88. The molecule has 0 aromatic heterocycles. The van der Waals surface area contributed by atoms with Gasteiger partial charge in [-0.2, -0.15) is 0 Å². The standard InChI is InChI=1S/C12H11ClOS/c1-15-11-8-6-10(7-9-11)4-2-3-5-12(13)14/h2-9H,1H3/b4-2+,5-3+. The van der Waals surface area contributed by atoms with Crippen LogP contribution in [0.4, 0.5) is 0 Å². The molecule has 0 N–H and O–H groups in total. The molecule has 1 aromatic carbocycles. The van der Waals surface area contributed by atoms with Crippen molar-refractivity contribution in [2.45, 2.75) is 4.90 Å². The lowest BCUT2D eigenvalue weighted by atomic mass is 10.2. The Morgan fingerprint density at radius 3 is 2.47 bits per heavy atom. The van der Waals surface area contributed by atoms with Crippen molar-refractivity contribution in [3.63, 3.8) is 0 Å². The van der Waals surface area contributed by atoms with Gasteiger partial charge in [0, 0.05) is 4.90 Å². The van der Waals surface area contributed by atoms with E-state index in [-0.39, 0.29) is 0 Å². The first kappa shape index (κ1) is 12.1. The molecule has 0 heterocycles. The van der Waals surface area contributed by atoms with Gasteiger partial charge in [-0.15, -0.1) is 11.8 Å². The average Bonchev–Trinajstić information content (AvgIpc) is 2.25. The minimum absolute atomic E-state index is 0.461. The summed E-state index contributed by atoms with van der Waals surface area (Å²) in [4.78, 5) is 11.6. The van der Waals surface area contributed by atoms with Gasteiger partial charge < -0.3 is 0 Å². The van der Waals surface area contributed by atoms with Crippen molar-refractivity contribution in [2.24, 2.45) is 0 Å². The molecule has 0 aliphatic carbocycles. The second-order valence-corrected chi connectivity index (χ2v) is 4.05. The molecular formula is C12H11ClOS. The number of hydrogen-bond donors (Lipinski definition) is 0. The molecule has 0 unspecified atom stereocenters. The van der Waals surface area contributed by atoms with E-state index in [1.165, 1.54) is 11.0 Å². The van der Waals surface area contributed by atoms with Crippen molar-refractivity contribution in [3.05, 3.63) is 48.1 Å².